The quantitative estimate of drug-likeness (QED) is 0.409. The Morgan fingerprint density at radius 3 is 2.32 bits per heavy atom. The second-order valence-corrected chi connectivity index (χ2v) is 11.1. The number of carbonyl (C=O) groups excluding carboxylic acids is 2. The van der Waals surface area contributed by atoms with E-state index in [0.29, 0.717) is 23.2 Å². The number of nitrogens with zero attached hydrogens (tertiary/aromatic N) is 2. The Balaban J connectivity index is 2.03. The molecule has 0 heterocycles. The third-order valence-corrected chi connectivity index (χ3v) is 7.14. The van der Waals surface area contributed by atoms with Gasteiger partial charge >= 0.3 is 0 Å². The lowest BCUT2D eigenvalue weighted by atomic mass is 10.1. The van der Waals surface area contributed by atoms with Gasteiger partial charge in [-0.25, -0.2) is 8.42 Å². The first-order chi connectivity index (χ1) is 17.5. The molecule has 3 aromatic rings. The summed E-state index contributed by atoms with van der Waals surface area (Å²) in [6.07, 6.45) is 1.44. The Morgan fingerprint density at radius 1 is 1.00 bits per heavy atom. The predicted molar refractivity (Wildman–Crippen MR) is 147 cm³/mol. The van der Waals surface area contributed by atoms with Crippen molar-refractivity contribution in [3.8, 4) is 5.75 Å². The van der Waals surface area contributed by atoms with Crippen LogP contribution in [0.15, 0.2) is 66.7 Å². The van der Waals surface area contributed by atoms with Gasteiger partial charge in [-0.2, -0.15) is 0 Å². The molecule has 2 amide bonds. The molecule has 198 valence electrons. The molecular formula is C28H35N3O5S. The van der Waals surface area contributed by atoms with E-state index in [1.54, 1.807) is 31.4 Å². The monoisotopic (exact) mass is 525 g/mol. The van der Waals surface area contributed by atoms with Gasteiger partial charge in [0.15, 0.2) is 0 Å². The minimum atomic E-state index is -3.83. The molecular weight excluding hydrogens is 490 g/mol. The molecule has 1 atom stereocenters. The summed E-state index contributed by atoms with van der Waals surface area (Å²) in [6, 6.07) is 19.1. The molecule has 3 rings (SSSR count). The van der Waals surface area contributed by atoms with Gasteiger partial charge in [-0.3, -0.25) is 13.9 Å². The summed E-state index contributed by atoms with van der Waals surface area (Å²) in [7, 11) is -2.27. The average Bonchev–Trinajstić information content (AvgIpc) is 2.85. The van der Waals surface area contributed by atoms with Crippen LogP contribution in [0.25, 0.3) is 10.8 Å². The first-order valence-corrected chi connectivity index (χ1v) is 14.1. The highest BCUT2D eigenvalue weighted by atomic mass is 32.2. The van der Waals surface area contributed by atoms with Gasteiger partial charge in [-0.05, 0) is 49.4 Å². The van der Waals surface area contributed by atoms with E-state index in [-0.39, 0.29) is 18.5 Å². The molecule has 37 heavy (non-hydrogen) atoms. The normalized spacial score (nSPS) is 12.3. The van der Waals surface area contributed by atoms with E-state index in [0.717, 1.165) is 21.5 Å². The number of sulfonamides is 1. The third kappa shape index (κ3) is 7.01. The molecule has 8 nitrogen and oxygen atoms in total. The van der Waals surface area contributed by atoms with Gasteiger partial charge in [-0.15, -0.1) is 0 Å². The van der Waals surface area contributed by atoms with E-state index in [2.05, 4.69) is 5.32 Å². The zero-order valence-electron chi connectivity index (χ0n) is 22.0. The molecule has 0 aromatic heterocycles. The summed E-state index contributed by atoms with van der Waals surface area (Å²) in [5.41, 5.74) is 1.18. The van der Waals surface area contributed by atoms with E-state index >= 15 is 0 Å². The van der Waals surface area contributed by atoms with Crippen LogP contribution in [0.2, 0.25) is 0 Å². The largest absolute Gasteiger partial charge is 0.497 e. The van der Waals surface area contributed by atoms with Crippen LogP contribution >= 0.6 is 0 Å². The van der Waals surface area contributed by atoms with E-state index < -0.39 is 28.5 Å². The van der Waals surface area contributed by atoms with Crippen molar-refractivity contribution in [2.45, 2.75) is 45.8 Å². The molecule has 0 aliphatic heterocycles. The number of hydrogen-bond donors (Lipinski definition) is 1. The summed E-state index contributed by atoms with van der Waals surface area (Å²) in [4.78, 5) is 28.4. The maximum Gasteiger partial charge on any atom is 0.244 e. The molecule has 0 aliphatic carbocycles. The van der Waals surface area contributed by atoms with Crippen molar-refractivity contribution < 1.29 is 22.7 Å². The van der Waals surface area contributed by atoms with Crippen molar-refractivity contribution in [1.29, 1.82) is 0 Å². The Kier molecular flexibility index (Phi) is 9.15. The van der Waals surface area contributed by atoms with E-state index in [1.165, 1.54) is 4.90 Å². The van der Waals surface area contributed by atoms with Crippen molar-refractivity contribution in [2.24, 2.45) is 0 Å². The smallest absolute Gasteiger partial charge is 0.244 e. The predicted octanol–water partition coefficient (Wildman–Crippen LogP) is 3.95. The summed E-state index contributed by atoms with van der Waals surface area (Å²) in [5, 5.41) is 4.46. The number of methoxy groups -OCH3 is 1. The van der Waals surface area contributed by atoms with Crippen LogP contribution in [-0.2, 0) is 26.2 Å². The van der Waals surface area contributed by atoms with Crippen LogP contribution in [0.4, 0.5) is 5.69 Å². The molecule has 3 aromatic carbocycles. The molecule has 0 spiro atoms. The van der Waals surface area contributed by atoms with Gasteiger partial charge in [0.05, 0.1) is 19.1 Å². The van der Waals surface area contributed by atoms with Crippen LogP contribution < -0.4 is 14.4 Å². The fourth-order valence-electron chi connectivity index (χ4n) is 4.29. The third-order valence-electron chi connectivity index (χ3n) is 6.02. The average molecular weight is 526 g/mol. The van der Waals surface area contributed by atoms with Crippen molar-refractivity contribution in [3.05, 3.63) is 72.3 Å². The second kappa shape index (κ2) is 12.1. The van der Waals surface area contributed by atoms with Gasteiger partial charge in [0.1, 0.15) is 18.3 Å². The van der Waals surface area contributed by atoms with Gasteiger partial charge in [0, 0.05) is 18.0 Å². The van der Waals surface area contributed by atoms with Gasteiger partial charge < -0.3 is 15.0 Å². The highest BCUT2D eigenvalue weighted by molar-refractivity contribution is 7.92. The lowest BCUT2D eigenvalue weighted by Gasteiger charge is -2.33. The lowest BCUT2D eigenvalue weighted by molar-refractivity contribution is -0.140. The minimum Gasteiger partial charge on any atom is -0.497 e. The standard InChI is InChI=1S/C28H35N3O5S/c1-6-25(28(33)29-20(2)3)30(18-21-11-9-14-23(17-21)36-4)27(32)19-31(37(5,34)35)26-16-10-13-22-12-7-8-15-24(22)26/h7-17,20,25H,6,18-19H2,1-5H3,(H,29,33)/t25-/m0/s1. The molecule has 0 saturated heterocycles. The number of rotatable bonds is 11. The lowest BCUT2D eigenvalue weighted by Crippen LogP contribution is -2.53. The number of benzene rings is 3. The SMILES string of the molecule is CC[C@@H](C(=O)NC(C)C)N(Cc1cccc(OC)c1)C(=O)CN(c1cccc2ccccc12)S(C)(=O)=O. The molecule has 0 bridgehead atoms. The summed E-state index contributed by atoms with van der Waals surface area (Å²) >= 11 is 0. The topological polar surface area (TPSA) is 96.0 Å². The fraction of sp³-hybridized carbons (Fsp3) is 0.357. The summed E-state index contributed by atoms with van der Waals surface area (Å²) in [6.45, 7) is 5.21. The molecule has 9 heteroatoms. The highest BCUT2D eigenvalue weighted by Crippen LogP contribution is 2.29. The first kappa shape index (κ1) is 28.0. The van der Waals surface area contributed by atoms with Crippen LogP contribution in [0.1, 0.15) is 32.8 Å². The van der Waals surface area contributed by atoms with Crippen LogP contribution in [0, 0.1) is 0 Å². The number of ether oxygens (including phenoxy) is 1. The van der Waals surface area contributed by atoms with Gasteiger partial charge in [0.25, 0.3) is 0 Å². The van der Waals surface area contributed by atoms with Crippen molar-refractivity contribution in [1.82, 2.24) is 10.2 Å². The number of anilines is 1. The minimum absolute atomic E-state index is 0.112. The maximum absolute atomic E-state index is 13.9. The Hall–Kier alpha value is -3.59. The van der Waals surface area contributed by atoms with E-state index in [9.17, 15) is 18.0 Å². The molecule has 0 radical (unpaired) electrons. The number of fused-ring (bicyclic) bond motifs is 1. The maximum atomic E-state index is 13.9. The zero-order chi connectivity index (χ0) is 27.2. The van der Waals surface area contributed by atoms with Crippen molar-refractivity contribution in [2.75, 3.05) is 24.2 Å². The highest BCUT2D eigenvalue weighted by Gasteiger charge is 2.32. The molecule has 0 fully saturated rings. The Morgan fingerprint density at radius 2 is 1.68 bits per heavy atom. The number of carbonyl (C=O) groups is 2. The Bertz CT molecular complexity index is 1350. The fourth-order valence-corrected chi connectivity index (χ4v) is 5.15. The Labute approximate surface area is 219 Å². The molecule has 0 saturated carbocycles. The number of amides is 2. The van der Waals surface area contributed by atoms with Crippen LogP contribution in [0.5, 0.6) is 5.75 Å². The van der Waals surface area contributed by atoms with Crippen molar-refractivity contribution >= 4 is 38.3 Å². The van der Waals surface area contributed by atoms with Crippen LogP contribution in [-0.4, -0.2) is 57.1 Å². The second-order valence-electron chi connectivity index (χ2n) is 9.23. The number of hydrogen-bond acceptors (Lipinski definition) is 5. The first-order valence-electron chi connectivity index (χ1n) is 12.2. The summed E-state index contributed by atoms with van der Waals surface area (Å²) < 4.78 is 32.3. The van der Waals surface area contributed by atoms with E-state index in [4.69, 9.17) is 4.74 Å². The van der Waals surface area contributed by atoms with Gasteiger partial charge in [0.2, 0.25) is 21.8 Å². The molecule has 1 N–H and O–H groups in total. The number of nitrogens with one attached hydrogen (secondary N) is 1. The van der Waals surface area contributed by atoms with E-state index in [1.807, 2.05) is 63.2 Å². The molecule has 0 aliphatic rings. The summed E-state index contributed by atoms with van der Waals surface area (Å²) in [5.74, 6) is -0.144. The van der Waals surface area contributed by atoms with Crippen molar-refractivity contribution in [3.63, 3.8) is 0 Å². The zero-order valence-corrected chi connectivity index (χ0v) is 22.8. The van der Waals surface area contributed by atoms with Crippen LogP contribution in [0.3, 0.4) is 0 Å². The van der Waals surface area contributed by atoms with Gasteiger partial charge in [-0.1, -0.05) is 55.5 Å². The molecule has 0 unspecified atom stereocenters.